The van der Waals surface area contributed by atoms with Gasteiger partial charge in [-0.15, -0.1) is 0 Å². The molecule has 2 amide bonds. The molecule has 2 aliphatic rings. The molecule has 7 heteroatoms. The molecule has 0 radical (unpaired) electrons. The molecular formula is C14H19N5O2. The Balaban J connectivity index is 1.71. The van der Waals surface area contributed by atoms with Crippen LogP contribution in [0, 0.1) is 0 Å². The summed E-state index contributed by atoms with van der Waals surface area (Å²) in [6.45, 7) is 1.46. The van der Waals surface area contributed by atoms with Crippen LogP contribution in [0.3, 0.4) is 0 Å². The third-order valence-electron chi connectivity index (χ3n) is 4.05. The van der Waals surface area contributed by atoms with Gasteiger partial charge in [0.2, 0.25) is 5.91 Å². The number of hydrogen-bond donors (Lipinski definition) is 0. The second-order valence-corrected chi connectivity index (χ2v) is 5.49. The van der Waals surface area contributed by atoms with Crippen molar-refractivity contribution in [2.75, 3.05) is 13.6 Å². The van der Waals surface area contributed by atoms with Crippen LogP contribution in [-0.2, 0) is 16.1 Å². The smallest absolute Gasteiger partial charge is 0.270 e. The lowest BCUT2D eigenvalue weighted by atomic mass is 10.1. The molecule has 0 aliphatic carbocycles. The van der Waals surface area contributed by atoms with E-state index in [1.807, 2.05) is 21.8 Å². The quantitative estimate of drug-likeness (QED) is 0.812. The first-order chi connectivity index (χ1) is 10.1. The van der Waals surface area contributed by atoms with Crippen molar-refractivity contribution in [1.82, 2.24) is 19.7 Å². The van der Waals surface area contributed by atoms with Crippen molar-refractivity contribution < 1.29 is 9.59 Å². The fourth-order valence-electron chi connectivity index (χ4n) is 2.91. The van der Waals surface area contributed by atoms with Gasteiger partial charge in [0.15, 0.2) is 0 Å². The summed E-state index contributed by atoms with van der Waals surface area (Å²) in [6, 6.07) is 2.04. The zero-order valence-electron chi connectivity index (χ0n) is 12.1. The first-order valence-corrected chi connectivity index (χ1v) is 7.27. The van der Waals surface area contributed by atoms with Crippen molar-refractivity contribution in [3.05, 3.63) is 18.5 Å². The summed E-state index contributed by atoms with van der Waals surface area (Å²) < 4.78 is 1.86. The molecule has 0 unspecified atom stereocenters. The zero-order chi connectivity index (χ0) is 14.8. The number of amides is 2. The molecule has 1 aromatic heterocycles. The normalized spacial score (nSPS) is 22.6. The Hall–Kier alpha value is -2.18. The van der Waals surface area contributed by atoms with E-state index >= 15 is 0 Å². The van der Waals surface area contributed by atoms with E-state index < -0.39 is 0 Å². The predicted octanol–water partition coefficient (Wildman–Crippen LogP) is 0.482. The Morgan fingerprint density at radius 2 is 2.29 bits per heavy atom. The lowest BCUT2D eigenvalue weighted by Gasteiger charge is -2.27. The molecule has 112 valence electrons. The number of likely N-dealkylation sites (tertiary alicyclic amines) is 1. The largest absolute Gasteiger partial charge is 0.333 e. The van der Waals surface area contributed by atoms with Crippen LogP contribution in [0.15, 0.2) is 23.6 Å². The molecule has 0 saturated carbocycles. The minimum Gasteiger partial charge on any atom is -0.333 e. The number of carbonyl (C=O) groups is 2. The van der Waals surface area contributed by atoms with Gasteiger partial charge in [-0.1, -0.05) is 0 Å². The van der Waals surface area contributed by atoms with Gasteiger partial charge in [0.25, 0.3) is 5.91 Å². The fourth-order valence-corrected chi connectivity index (χ4v) is 2.91. The number of aromatic nitrogens is 2. The Morgan fingerprint density at radius 1 is 1.43 bits per heavy atom. The van der Waals surface area contributed by atoms with Crippen LogP contribution in [0.1, 0.15) is 25.7 Å². The zero-order valence-corrected chi connectivity index (χ0v) is 12.1. The van der Waals surface area contributed by atoms with Gasteiger partial charge < -0.3 is 4.90 Å². The Kier molecular flexibility index (Phi) is 3.72. The molecule has 7 nitrogen and oxygen atoms in total. The van der Waals surface area contributed by atoms with Crippen molar-refractivity contribution in [1.29, 1.82) is 0 Å². The van der Waals surface area contributed by atoms with Gasteiger partial charge in [0, 0.05) is 38.8 Å². The van der Waals surface area contributed by atoms with Gasteiger partial charge in [-0.25, -0.2) is 5.01 Å². The SMILES string of the molecule is CN1N=C(C(=O)N2CCC[C@@H]2Cn2cccn2)CCC1=O. The van der Waals surface area contributed by atoms with Crippen LogP contribution in [0.5, 0.6) is 0 Å². The molecular weight excluding hydrogens is 270 g/mol. The Bertz CT molecular complexity index is 566. The molecule has 1 saturated heterocycles. The van der Waals surface area contributed by atoms with E-state index in [4.69, 9.17) is 0 Å². The van der Waals surface area contributed by atoms with Crippen LogP contribution in [0.2, 0.25) is 0 Å². The van der Waals surface area contributed by atoms with E-state index in [1.165, 1.54) is 5.01 Å². The van der Waals surface area contributed by atoms with E-state index in [0.717, 1.165) is 19.4 Å². The van der Waals surface area contributed by atoms with Gasteiger partial charge >= 0.3 is 0 Å². The molecule has 1 atom stereocenters. The topological polar surface area (TPSA) is 70.8 Å². The molecule has 2 aliphatic heterocycles. The number of hydrazone groups is 1. The summed E-state index contributed by atoms with van der Waals surface area (Å²) >= 11 is 0. The lowest BCUT2D eigenvalue weighted by molar-refractivity contribution is -0.130. The third kappa shape index (κ3) is 2.81. The van der Waals surface area contributed by atoms with E-state index in [0.29, 0.717) is 25.1 Å². The van der Waals surface area contributed by atoms with Crippen LogP contribution < -0.4 is 0 Å². The van der Waals surface area contributed by atoms with Gasteiger partial charge in [-0.05, 0) is 18.9 Å². The predicted molar refractivity (Wildman–Crippen MR) is 76.4 cm³/mol. The summed E-state index contributed by atoms with van der Waals surface area (Å²) in [4.78, 5) is 25.9. The average molecular weight is 289 g/mol. The average Bonchev–Trinajstić information content (AvgIpc) is 3.13. The van der Waals surface area contributed by atoms with E-state index in [9.17, 15) is 9.59 Å². The van der Waals surface area contributed by atoms with Gasteiger partial charge in [0.1, 0.15) is 5.71 Å². The van der Waals surface area contributed by atoms with Gasteiger partial charge in [-0.3, -0.25) is 14.3 Å². The molecule has 21 heavy (non-hydrogen) atoms. The second-order valence-electron chi connectivity index (χ2n) is 5.49. The minimum atomic E-state index is -0.0407. The molecule has 3 heterocycles. The molecule has 0 bridgehead atoms. The molecule has 0 N–H and O–H groups in total. The maximum Gasteiger partial charge on any atom is 0.270 e. The maximum atomic E-state index is 12.6. The van der Waals surface area contributed by atoms with Crippen molar-refractivity contribution >= 4 is 17.5 Å². The van der Waals surface area contributed by atoms with Crippen molar-refractivity contribution in [3.8, 4) is 0 Å². The van der Waals surface area contributed by atoms with Crippen molar-refractivity contribution in [3.63, 3.8) is 0 Å². The summed E-state index contributed by atoms with van der Waals surface area (Å²) in [5.74, 6) is -0.0786. The van der Waals surface area contributed by atoms with Crippen LogP contribution in [0.25, 0.3) is 0 Å². The van der Waals surface area contributed by atoms with E-state index in [2.05, 4.69) is 10.2 Å². The second kappa shape index (κ2) is 5.67. The molecule has 0 spiro atoms. The third-order valence-corrected chi connectivity index (χ3v) is 4.05. The molecule has 1 aromatic rings. The summed E-state index contributed by atoms with van der Waals surface area (Å²) in [7, 11) is 1.60. The highest BCUT2D eigenvalue weighted by atomic mass is 16.2. The van der Waals surface area contributed by atoms with Gasteiger partial charge in [-0.2, -0.15) is 10.2 Å². The summed E-state index contributed by atoms with van der Waals surface area (Å²) in [5.41, 5.74) is 0.490. The first kappa shape index (κ1) is 13.8. The highest BCUT2D eigenvalue weighted by molar-refractivity contribution is 6.39. The number of rotatable bonds is 3. The highest BCUT2D eigenvalue weighted by Crippen LogP contribution is 2.21. The summed E-state index contributed by atoms with van der Waals surface area (Å²) in [6.07, 6.45) is 6.43. The van der Waals surface area contributed by atoms with Crippen molar-refractivity contribution in [2.45, 2.75) is 38.3 Å². The standard InChI is InChI=1S/C14H19N5O2/c1-17-13(20)6-5-12(16-17)14(21)19-9-2-4-11(19)10-18-8-3-7-15-18/h3,7-8,11H,2,4-6,9-10H2,1H3/t11-/m1/s1. The first-order valence-electron chi connectivity index (χ1n) is 7.27. The molecule has 3 rings (SSSR count). The van der Waals surface area contributed by atoms with E-state index in [1.54, 1.807) is 13.2 Å². The van der Waals surface area contributed by atoms with Crippen LogP contribution >= 0.6 is 0 Å². The van der Waals surface area contributed by atoms with Crippen LogP contribution in [-0.4, -0.2) is 56.8 Å². The Labute approximate surface area is 123 Å². The highest BCUT2D eigenvalue weighted by Gasteiger charge is 2.33. The number of hydrogen-bond acceptors (Lipinski definition) is 4. The van der Waals surface area contributed by atoms with E-state index in [-0.39, 0.29) is 17.9 Å². The Morgan fingerprint density at radius 3 is 3.00 bits per heavy atom. The fraction of sp³-hybridized carbons (Fsp3) is 0.571. The maximum absolute atomic E-state index is 12.6. The van der Waals surface area contributed by atoms with Gasteiger partial charge in [0.05, 0.1) is 12.6 Å². The van der Waals surface area contributed by atoms with Crippen LogP contribution in [0.4, 0.5) is 0 Å². The monoisotopic (exact) mass is 289 g/mol. The molecule has 0 aromatic carbocycles. The lowest BCUT2D eigenvalue weighted by Crippen LogP contribution is -2.44. The molecule has 1 fully saturated rings. The minimum absolute atomic E-state index is 0.0380. The number of carbonyl (C=O) groups excluding carboxylic acids is 2. The summed E-state index contributed by atoms with van der Waals surface area (Å²) in [5, 5.41) is 9.60. The van der Waals surface area contributed by atoms with Crippen molar-refractivity contribution in [2.24, 2.45) is 5.10 Å². The number of nitrogens with zero attached hydrogens (tertiary/aromatic N) is 5.